The molecular formula is C22H29N3O5S. The number of sulfonamides is 1. The molecule has 2 N–H and O–H groups in total. The van der Waals surface area contributed by atoms with Crippen molar-refractivity contribution < 1.29 is 23.1 Å². The number of carbonyl (C=O) groups excluding carboxylic acids is 2. The first-order valence-electron chi connectivity index (χ1n) is 10.5. The van der Waals surface area contributed by atoms with Gasteiger partial charge in [0.05, 0.1) is 11.3 Å². The maximum Gasteiger partial charge on any atom is 0.258 e. The number of carbonyl (C=O) groups is 2. The van der Waals surface area contributed by atoms with E-state index in [1.54, 1.807) is 31.2 Å². The highest BCUT2D eigenvalue weighted by Crippen LogP contribution is 2.31. The topological polar surface area (TPSA) is 107 Å². The van der Waals surface area contributed by atoms with Crippen molar-refractivity contribution in [1.29, 1.82) is 0 Å². The molecule has 0 aromatic heterocycles. The van der Waals surface area contributed by atoms with E-state index in [4.69, 9.17) is 0 Å². The van der Waals surface area contributed by atoms with Gasteiger partial charge < -0.3 is 15.3 Å². The molecule has 0 spiro atoms. The predicted octanol–water partition coefficient (Wildman–Crippen LogP) is 1.94. The summed E-state index contributed by atoms with van der Waals surface area (Å²) in [6.45, 7) is 2.67. The van der Waals surface area contributed by atoms with E-state index < -0.39 is 16.1 Å². The summed E-state index contributed by atoms with van der Waals surface area (Å²) in [7, 11) is -1.72. The summed E-state index contributed by atoms with van der Waals surface area (Å²) < 4.78 is 24.8. The zero-order valence-electron chi connectivity index (χ0n) is 17.9. The third kappa shape index (κ3) is 4.99. The fourth-order valence-corrected chi connectivity index (χ4v) is 4.70. The Morgan fingerprint density at radius 1 is 1.23 bits per heavy atom. The van der Waals surface area contributed by atoms with Crippen LogP contribution >= 0.6 is 0 Å². The van der Waals surface area contributed by atoms with Gasteiger partial charge in [0.25, 0.3) is 5.91 Å². The Kier molecular flexibility index (Phi) is 7.17. The van der Waals surface area contributed by atoms with Gasteiger partial charge in [0.1, 0.15) is 11.8 Å². The summed E-state index contributed by atoms with van der Waals surface area (Å²) in [5.41, 5.74) is 0.185. The van der Waals surface area contributed by atoms with Crippen LogP contribution in [0.25, 0.3) is 10.8 Å². The van der Waals surface area contributed by atoms with E-state index in [9.17, 15) is 23.1 Å². The van der Waals surface area contributed by atoms with E-state index >= 15 is 0 Å². The Bertz CT molecular complexity index is 1070. The molecule has 1 aliphatic rings. The van der Waals surface area contributed by atoms with Crippen LogP contribution in [-0.4, -0.2) is 73.0 Å². The molecule has 8 nitrogen and oxygen atoms in total. The fourth-order valence-electron chi connectivity index (χ4n) is 3.86. The number of rotatable bonds is 8. The van der Waals surface area contributed by atoms with Crippen LogP contribution < -0.4 is 5.32 Å². The van der Waals surface area contributed by atoms with Crippen molar-refractivity contribution in [2.45, 2.75) is 32.2 Å². The van der Waals surface area contributed by atoms with Crippen molar-refractivity contribution in [3.63, 3.8) is 0 Å². The summed E-state index contributed by atoms with van der Waals surface area (Å²) in [5, 5.41) is 14.9. The number of nitrogens with zero attached hydrogens (tertiary/aromatic N) is 2. The Morgan fingerprint density at radius 2 is 1.97 bits per heavy atom. The molecule has 3 rings (SSSR count). The van der Waals surface area contributed by atoms with Crippen LogP contribution in [0, 0.1) is 0 Å². The lowest BCUT2D eigenvalue weighted by Gasteiger charge is -2.25. The molecular weight excluding hydrogens is 418 g/mol. The van der Waals surface area contributed by atoms with E-state index in [2.05, 4.69) is 5.32 Å². The Morgan fingerprint density at radius 3 is 2.71 bits per heavy atom. The highest BCUT2D eigenvalue weighted by molar-refractivity contribution is 7.89. The van der Waals surface area contributed by atoms with Crippen molar-refractivity contribution >= 4 is 32.6 Å². The first kappa shape index (κ1) is 23.0. The second-order valence-corrected chi connectivity index (χ2v) is 10.1. The average Bonchev–Trinajstić information content (AvgIpc) is 3.26. The molecule has 2 aromatic rings. The van der Waals surface area contributed by atoms with E-state index in [1.807, 2.05) is 12.1 Å². The van der Waals surface area contributed by atoms with Crippen LogP contribution in [0.4, 0.5) is 0 Å². The maximum absolute atomic E-state index is 13.1. The van der Waals surface area contributed by atoms with Gasteiger partial charge in [0, 0.05) is 32.1 Å². The van der Waals surface area contributed by atoms with E-state index in [-0.39, 0.29) is 28.9 Å². The molecule has 2 aromatic carbocycles. The monoisotopic (exact) mass is 447 g/mol. The fraction of sp³-hybridized carbons (Fsp3) is 0.455. The maximum atomic E-state index is 13.1. The van der Waals surface area contributed by atoms with Crippen molar-refractivity contribution in [2.24, 2.45) is 0 Å². The lowest BCUT2D eigenvalue weighted by Crippen LogP contribution is -2.46. The summed E-state index contributed by atoms with van der Waals surface area (Å²) in [5.74, 6) is -0.660. The smallest absolute Gasteiger partial charge is 0.258 e. The van der Waals surface area contributed by atoms with Gasteiger partial charge in [-0.05, 0) is 37.6 Å². The Labute approximate surface area is 182 Å². The number of hydrogen-bond acceptors (Lipinski definition) is 5. The molecule has 31 heavy (non-hydrogen) atoms. The number of amides is 2. The molecule has 0 saturated carbocycles. The molecule has 0 radical (unpaired) electrons. The summed E-state index contributed by atoms with van der Waals surface area (Å²) in [4.78, 5) is 27.3. The van der Waals surface area contributed by atoms with Gasteiger partial charge >= 0.3 is 0 Å². The predicted molar refractivity (Wildman–Crippen MR) is 119 cm³/mol. The number of likely N-dealkylation sites (tertiary alicyclic amines) is 1. The van der Waals surface area contributed by atoms with Gasteiger partial charge in [0.15, 0.2) is 0 Å². The van der Waals surface area contributed by atoms with E-state index in [0.29, 0.717) is 44.3 Å². The van der Waals surface area contributed by atoms with Gasteiger partial charge in [-0.1, -0.05) is 30.3 Å². The minimum absolute atomic E-state index is 0.0383. The van der Waals surface area contributed by atoms with Gasteiger partial charge in [-0.3, -0.25) is 9.59 Å². The zero-order valence-corrected chi connectivity index (χ0v) is 18.7. The number of phenols is 1. The van der Waals surface area contributed by atoms with Crippen LogP contribution in [0.1, 0.15) is 36.5 Å². The second kappa shape index (κ2) is 9.65. The molecule has 1 atom stereocenters. The summed E-state index contributed by atoms with van der Waals surface area (Å²) in [6.07, 6.45) is 1.74. The van der Waals surface area contributed by atoms with E-state index in [0.717, 1.165) is 5.39 Å². The van der Waals surface area contributed by atoms with Gasteiger partial charge in [-0.25, -0.2) is 12.7 Å². The number of aromatic hydroxyl groups is 1. The number of benzene rings is 2. The molecule has 1 fully saturated rings. The quantitative estimate of drug-likeness (QED) is 0.602. The van der Waals surface area contributed by atoms with Gasteiger partial charge in [-0.2, -0.15) is 0 Å². The van der Waals surface area contributed by atoms with Crippen molar-refractivity contribution in [2.75, 3.05) is 32.4 Å². The highest BCUT2D eigenvalue weighted by atomic mass is 32.2. The van der Waals surface area contributed by atoms with Crippen LogP contribution in [0.2, 0.25) is 0 Å². The van der Waals surface area contributed by atoms with Crippen molar-refractivity contribution in [3.8, 4) is 5.75 Å². The van der Waals surface area contributed by atoms with Crippen LogP contribution in [0.5, 0.6) is 5.75 Å². The summed E-state index contributed by atoms with van der Waals surface area (Å²) in [6, 6.07) is 10.1. The van der Waals surface area contributed by atoms with Crippen LogP contribution in [0.3, 0.4) is 0 Å². The van der Waals surface area contributed by atoms with Gasteiger partial charge in [-0.15, -0.1) is 0 Å². The van der Waals surface area contributed by atoms with Crippen molar-refractivity contribution in [3.05, 3.63) is 42.0 Å². The molecule has 9 heteroatoms. The SMILES string of the molecule is CCS(=O)(=O)N(C)CCCNC(=O)C1CCCN1C(=O)c1ccc2ccccc2c1O. The standard InChI is InChI=1S/C22H29N3O5S/c1-3-31(29,30)24(2)14-7-13-23-21(27)19-10-6-15-25(19)22(28)18-12-11-16-8-4-5-9-17(16)20(18)26/h4-5,8-9,11-12,19,26H,3,6-7,10,13-15H2,1-2H3,(H,23,27). The van der Waals surface area contributed by atoms with Gasteiger partial charge in [0.2, 0.25) is 15.9 Å². The zero-order chi connectivity index (χ0) is 22.6. The first-order chi connectivity index (χ1) is 14.8. The Balaban J connectivity index is 1.62. The molecule has 0 bridgehead atoms. The minimum Gasteiger partial charge on any atom is -0.506 e. The number of fused-ring (bicyclic) bond motifs is 1. The number of phenolic OH excluding ortho intramolecular Hbond substituents is 1. The third-order valence-electron chi connectivity index (χ3n) is 5.74. The van der Waals surface area contributed by atoms with Crippen LogP contribution in [0.15, 0.2) is 36.4 Å². The molecule has 168 valence electrons. The molecule has 1 aliphatic heterocycles. The number of hydrogen-bond donors (Lipinski definition) is 2. The average molecular weight is 448 g/mol. The molecule has 1 saturated heterocycles. The van der Waals surface area contributed by atoms with Crippen LogP contribution in [-0.2, 0) is 14.8 Å². The largest absolute Gasteiger partial charge is 0.506 e. The third-order valence-corrected chi connectivity index (χ3v) is 7.60. The highest BCUT2D eigenvalue weighted by Gasteiger charge is 2.35. The molecule has 1 heterocycles. The molecule has 2 amide bonds. The minimum atomic E-state index is -3.24. The number of nitrogens with one attached hydrogen (secondary N) is 1. The van der Waals surface area contributed by atoms with Crippen molar-refractivity contribution in [1.82, 2.24) is 14.5 Å². The molecule has 0 aliphatic carbocycles. The van der Waals surface area contributed by atoms with E-state index in [1.165, 1.54) is 16.3 Å². The Hall–Kier alpha value is -2.65. The first-order valence-corrected chi connectivity index (χ1v) is 12.1. The lowest BCUT2D eigenvalue weighted by atomic mass is 10.0. The normalized spacial score (nSPS) is 16.7. The lowest BCUT2D eigenvalue weighted by molar-refractivity contribution is -0.124. The summed E-state index contributed by atoms with van der Waals surface area (Å²) >= 11 is 0. The second-order valence-electron chi connectivity index (χ2n) is 7.71. The molecule has 1 unspecified atom stereocenters.